The van der Waals surface area contributed by atoms with Crippen LogP contribution in [-0.2, 0) is 4.74 Å². The zero-order valence-corrected chi connectivity index (χ0v) is 9.88. The predicted molar refractivity (Wildman–Crippen MR) is 65.5 cm³/mol. The van der Waals surface area contributed by atoms with Gasteiger partial charge in [-0.05, 0) is 19.1 Å². The lowest BCUT2D eigenvalue weighted by Crippen LogP contribution is -2.12. The van der Waals surface area contributed by atoms with Crippen LogP contribution in [0.3, 0.4) is 0 Å². The van der Waals surface area contributed by atoms with Gasteiger partial charge in [0.25, 0.3) is 0 Å². The lowest BCUT2D eigenvalue weighted by Gasteiger charge is -2.05. The number of ether oxygens (including phenoxy) is 1. The van der Waals surface area contributed by atoms with E-state index in [1.807, 2.05) is 0 Å². The lowest BCUT2D eigenvalue weighted by molar-refractivity contribution is 0.0528. The van der Waals surface area contributed by atoms with Gasteiger partial charge in [-0.1, -0.05) is 17.7 Å². The Morgan fingerprint density at radius 2 is 2.18 bits per heavy atom. The number of carbonyl (C=O) groups is 1. The van der Waals surface area contributed by atoms with E-state index in [4.69, 9.17) is 16.3 Å². The van der Waals surface area contributed by atoms with E-state index < -0.39 is 5.97 Å². The fourth-order valence-corrected chi connectivity index (χ4v) is 1.78. The molecule has 0 saturated heterocycles. The van der Waals surface area contributed by atoms with Gasteiger partial charge in [-0.2, -0.15) is 0 Å². The molecular weight excluding hydrogens is 242 g/mol. The maximum atomic E-state index is 11.7. The second-order valence-electron chi connectivity index (χ2n) is 3.46. The first kappa shape index (κ1) is 11.7. The van der Waals surface area contributed by atoms with Crippen molar-refractivity contribution in [3.05, 3.63) is 45.2 Å². The number of fused-ring (bicyclic) bond motifs is 1. The van der Waals surface area contributed by atoms with E-state index in [2.05, 4.69) is 4.98 Å². The fourth-order valence-electron chi connectivity index (χ4n) is 1.61. The number of pyridine rings is 1. The molecule has 4 nitrogen and oxygen atoms in total. The van der Waals surface area contributed by atoms with E-state index in [1.165, 1.54) is 6.07 Å². The molecule has 0 radical (unpaired) electrons. The highest BCUT2D eigenvalue weighted by atomic mass is 35.5. The molecule has 1 aromatic carbocycles. The number of benzene rings is 1. The summed E-state index contributed by atoms with van der Waals surface area (Å²) in [7, 11) is 0. The normalized spacial score (nSPS) is 10.5. The first-order chi connectivity index (χ1) is 8.11. The number of aromatic nitrogens is 1. The van der Waals surface area contributed by atoms with Crippen LogP contribution in [0.25, 0.3) is 10.9 Å². The number of hydrogen-bond acceptors (Lipinski definition) is 3. The van der Waals surface area contributed by atoms with Crippen molar-refractivity contribution < 1.29 is 9.53 Å². The van der Waals surface area contributed by atoms with E-state index in [1.54, 1.807) is 25.1 Å². The van der Waals surface area contributed by atoms with Crippen LogP contribution >= 0.6 is 11.6 Å². The standard InChI is InChI=1S/C12H10ClNO3/c1-2-17-12(16)9-6-11(15)14-10-5-7(13)3-4-8(9)10/h3-6H,2H2,1H3,(H,14,15). The Morgan fingerprint density at radius 1 is 1.41 bits per heavy atom. The molecule has 5 heteroatoms. The Hall–Kier alpha value is -1.81. The summed E-state index contributed by atoms with van der Waals surface area (Å²) in [6, 6.07) is 6.17. The summed E-state index contributed by atoms with van der Waals surface area (Å²) < 4.78 is 4.90. The SMILES string of the molecule is CCOC(=O)c1cc(=O)[nH]c2cc(Cl)ccc12. The van der Waals surface area contributed by atoms with Crippen molar-refractivity contribution in [1.82, 2.24) is 4.98 Å². The summed E-state index contributed by atoms with van der Waals surface area (Å²) >= 11 is 5.83. The Balaban J connectivity index is 2.70. The Kier molecular flexibility index (Phi) is 3.15. The third kappa shape index (κ3) is 2.31. The number of esters is 1. The van der Waals surface area contributed by atoms with Crippen molar-refractivity contribution in [3.8, 4) is 0 Å². The molecule has 0 aliphatic rings. The minimum absolute atomic E-state index is 0.252. The smallest absolute Gasteiger partial charge is 0.339 e. The highest BCUT2D eigenvalue weighted by Crippen LogP contribution is 2.20. The van der Waals surface area contributed by atoms with Gasteiger partial charge in [-0.3, -0.25) is 4.79 Å². The average molecular weight is 252 g/mol. The fraction of sp³-hybridized carbons (Fsp3) is 0.167. The van der Waals surface area contributed by atoms with Gasteiger partial charge in [0, 0.05) is 16.5 Å². The van der Waals surface area contributed by atoms with Gasteiger partial charge in [0.15, 0.2) is 0 Å². The molecule has 0 aliphatic carbocycles. The molecule has 1 heterocycles. The monoisotopic (exact) mass is 251 g/mol. The van der Waals surface area contributed by atoms with Crippen LogP contribution in [0, 0.1) is 0 Å². The molecular formula is C12H10ClNO3. The van der Waals surface area contributed by atoms with Crippen LogP contribution in [0.1, 0.15) is 17.3 Å². The number of halogens is 1. The van der Waals surface area contributed by atoms with Crippen LogP contribution < -0.4 is 5.56 Å². The topological polar surface area (TPSA) is 59.2 Å². The second kappa shape index (κ2) is 4.59. The number of aromatic amines is 1. The van der Waals surface area contributed by atoms with Gasteiger partial charge in [-0.25, -0.2) is 4.79 Å². The number of hydrogen-bond donors (Lipinski definition) is 1. The molecule has 17 heavy (non-hydrogen) atoms. The molecule has 0 atom stereocenters. The zero-order valence-electron chi connectivity index (χ0n) is 9.12. The Bertz CT molecular complexity index is 633. The van der Waals surface area contributed by atoms with Crippen LogP contribution in [0.15, 0.2) is 29.1 Å². The Labute approximate surface area is 102 Å². The van der Waals surface area contributed by atoms with E-state index in [0.717, 1.165) is 0 Å². The maximum Gasteiger partial charge on any atom is 0.339 e. The molecule has 1 aromatic heterocycles. The minimum Gasteiger partial charge on any atom is -0.462 e. The van der Waals surface area contributed by atoms with Gasteiger partial charge < -0.3 is 9.72 Å². The van der Waals surface area contributed by atoms with Crippen LogP contribution in [-0.4, -0.2) is 17.6 Å². The number of rotatable bonds is 2. The highest BCUT2D eigenvalue weighted by molar-refractivity contribution is 6.31. The maximum absolute atomic E-state index is 11.7. The van der Waals surface area contributed by atoms with E-state index in [9.17, 15) is 9.59 Å². The predicted octanol–water partition coefficient (Wildman–Crippen LogP) is 2.36. The minimum atomic E-state index is -0.508. The summed E-state index contributed by atoms with van der Waals surface area (Å²) in [4.78, 5) is 25.7. The summed E-state index contributed by atoms with van der Waals surface area (Å²) in [6.07, 6.45) is 0. The number of nitrogens with one attached hydrogen (secondary N) is 1. The lowest BCUT2D eigenvalue weighted by atomic mass is 10.1. The third-order valence-corrected chi connectivity index (χ3v) is 2.54. The largest absolute Gasteiger partial charge is 0.462 e. The van der Waals surface area contributed by atoms with E-state index in [0.29, 0.717) is 15.9 Å². The molecule has 0 fully saturated rings. The quantitative estimate of drug-likeness (QED) is 0.834. The average Bonchev–Trinajstić information content (AvgIpc) is 2.27. The Morgan fingerprint density at radius 3 is 2.88 bits per heavy atom. The van der Waals surface area contributed by atoms with Crippen molar-refractivity contribution in [2.45, 2.75) is 6.92 Å². The molecule has 0 bridgehead atoms. The molecule has 88 valence electrons. The first-order valence-electron chi connectivity index (χ1n) is 5.11. The van der Waals surface area contributed by atoms with Crippen LogP contribution in [0.5, 0.6) is 0 Å². The highest BCUT2D eigenvalue weighted by Gasteiger charge is 2.12. The molecule has 1 N–H and O–H groups in total. The molecule has 0 spiro atoms. The van der Waals surface area contributed by atoms with Crippen LogP contribution in [0.2, 0.25) is 5.02 Å². The number of H-pyrrole nitrogens is 1. The van der Waals surface area contributed by atoms with Gasteiger partial charge in [0.1, 0.15) is 0 Å². The molecule has 0 aliphatic heterocycles. The van der Waals surface area contributed by atoms with E-state index >= 15 is 0 Å². The van der Waals surface area contributed by atoms with Gasteiger partial charge >= 0.3 is 5.97 Å². The summed E-state index contributed by atoms with van der Waals surface area (Å²) in [5.41, 5.74) is 0.415. The molecule has 0 saturated carbocycles. The molecule has 2 rings (SSSR count). The molecule has 2 aromatic rings. The number of carbonyl (C=O) groups excluding carboxylic acids is 1. The first-order valence-corrected chi connectivity index (χ1v) is 5.49. The zero-order chi connectivity index (χ0) is 12.4. The van der Waals surface area contributed by atoms with Gasteiger partial charge in [-0.15, -0.1) is 0 Å². The summed E-state index contributed by atoms with van der Waals surface area (Å²) in [5, 5.41) is 1.11. The van der Waals surface area contributed by atoms with Gasteiger partial charge in [0.05, 0.1) is 17.7 Å². The summed E-state index contributed by atoms with van der Waals surface area (Å²) in [5.74, 6) is -0.508. The van der Waals surface area contributed by atoms with Crippen LogP contribution in [0.4, 0.5) is 0 Å². The van der Waals surface area contributed by atoms with Crippen molar-refractivity contribution in [2.24, 2.45) is 0 Å². The molecule has 0 unspecified atom stereocenters. The third-order valence-electron chi connectivity index (χ3n) is 2.30. The summed E-state index contributed by atoms with van der Waals surface area (Å²) in [6.45, 7) is 1.98. The molecule has 0 amide bonds. The van der Waals surface area contributed by atoms with E-state index in [-0.39, 0.29) is 17.7 Å². The van der Waals surface area contributed by atoms with Crippen molar-refractivity contribution >= 4 is 28.5 Å². The van der Waals surface area contributed by atoms with Gasteiger partial charge in [0.2, 0.25) is 5.56 Å². The van der Waals surface area contributed by atoms with Crippen molar-refractivity contribution in [1.29, 1.82) is 0 Å². The van der Waals surface area contributed by atoms with Crippen molar-refractivity contribution in [2.75, 3.05) is 6.61 Å². The second-order valence-corrected chi connectivity index (χ2v) is 3.89. The van der Waals surface area contributed by atoms with Crippen molar-refractivity contribution in [3.63, 3.8) is 0 Å².